The quantitative estimate of drug-likeness (QED) is 0.812. The molecule has 2 aliphatic rings. The number of nitrogens with one attached hydrogen (secondary N) is 2. The zero-order valence-corrected chi connectivity index (χ0v) is 12.1. The number of hydrogen-bond acceptors (Lipinski definition) is 3. The Morgan fingerprint density at radius 2 is 1.94 bits per heavy atom. The highest BCUT2D eigenvalue weighted by molar-refractivity contribution is 5.85. The van der Waals surface area contributed by atoms with Crippen molar-refractivity contribution >= 4 is 18.3 Å². The maximum absolute atomic E-state index is 12.1. The molecule has 4 nitrogen and oxygen atoms in total. The molecular formula is C13H26ClN3O. The smallest absolute Gasteiger partial charge is 0.237 e. The van der Waals surface area contributed by atoms with Crippen LogP contribution in [0.4, 0.5) is 0 Å². The molecule has 0 bridgehead atoms. The van der Waals surface area contributed by atoms with Gasteiger partial charge in [0, 0.05) is 25.7 Å². The fourth-order valence-corrected chi connectivity index (χ4v) is 2.81. The van der Waals surface area contributed by atoms with E-state index in [1.807, 2.05) is 6.92 Å². The first-order valence-corrected chi connectivity index (χ1v) is 7.02. The van der Waals surface area contributed by atoms with E-state index in [1.54, 1.807) is 0 Å². The van der Waals surface area contributed by atoms with E-state index < -0.39 is 0 Å². The van der Waals surface area contributed by atoms with Gasteiger partial charge >= 0.3 is 0 Å². The van der Waals surface area contributed by atoms with Crippen LogP contribution in [0.1, 0.15) is 39.0 Å². The molecular weight excluding hydrogens is 250 g/mol. The van der Waals surface area contributed by atoms with Crippen molar-refractivity contribution in [3.63, 3.8) is 0 Å². The van der Waals surface area contributed by atoms with Gasteiger partial charge in [-0.05, 0) is 32.7 Å². The van der Waals surface area contributed by atoms with Crippen LogP contribution in [0, 0.1) is 0 Å². The molecule has 2 N–H and O–H groups in total. The van der Waals surface area contributed by atoms with Crippen molar-refractivity contribution in [3.05, 3.63) is 0 Å². The molecule has 1 saturated heterocycles. The van der Waals surface area contributed by atoms with Gasteiger partial charge in [0.05, 0.1) is 6.04 Å². The minimum atomic E-state index is 0. The van der Waals surface area contributed by atoms with E-state index in [9.17, 15) is 4.79 Å². The van der Waals surface area contributed by atoms with Gasteiger partial charge in [-0.3, -0.25) is 9.69 Å². The highest BCUT2D eigenvalue weighted by Crippen LogP contribution is 2.18. The second kappa shape index (κ2) is 7.97. The van der Waals surface area contributed by atoms with Crippen molar-refractivity contribution < 1.29 is 4.79 Å². The zero-order valence-electron chi connectivity index (χ0n) is 11.3. The van der Waals surface area contributed by atoms with Gasteiger partial charge in [0.1, 0.15) is 0 Å². The molecule has 5 heteroatoms. The molecule has 0 aromatic carbocycles. The third-order valence-corrected chi connectivity index (χ3v) is 4.00. The van der Waals surface area contributed by atoms with E-state index in [-0.39, 0.29) is 24.4 Å². The van der Waals surface area contributed by atoms with Crippen LogP contribution in [-0.2, 0) is 4.79 Å². The van der Waals surface area contributed by atoms with Gasteiger partial charge in [-0.1, -0.05) is 12.8 Å². The molecule has 0 aromatic heterocycles. The molecule has 1 aliphatic heterocycles. The van der Waals surface area contributed by atoms with E-state index in [1.165, 1.54) is 25.7 Å². The van der Waals surface area contributed by atoms with Gasteiger partial charge < -0.3 is 10.6 Å². The van der Waals surface area contributed by atoms with Crippen LogP contribution in [0.2, 0.25) is 0 Å². The number of rotatable bonds is 3. The standard InChI is InChI=1S/C13H25N3O.ClH/c1-11(16-9-4-7-14-8-10-16)13(17)15-12-5-2-3-6-12;/h11-12,14H,2-10H2,1H3,(H,15,17);1H. The maximum atomic E-state index is 12.1. The number of amides is 1. The van der Waals surface area contributed by atoms with Crippen molar-refractivity contribution in [2.45, 2.75) is 51.1 Å². The maximum Gasteiger partial charge on any atom is 0.237 e. The molecule has 0 aromatic rings. The summed E-state index contributed by atoms with van der Waals surface area (Å²) in [4.78, 5) is 14.4. The number of carbonyl (C=O) groups is 1. The third-order valence-electron chi connectivity index (χ3n) is 4.00. The van der Waals surface area contributed by atoms with Crippen LogP contribution in [0.15, 0.2) is 0 Å². The molecule has 1 unspecified atom stereocenters. The van der Waals surface area contributed by atoms with Crippen molar-refractivity contribution in [1.29, 1.82) is 0 Å². The molecule has 106 valence electrons. The minimum Gasteiger partial charge on any atom is -0.352 e. The molecule has 18 heavy (non-hydrogen) atoms. The van der Waals surface area contributed by atoms with Gasteiger partial charge in [-0.15, -0.1) is 12.4 Å². The van der Waals surface area contributed by atoms with E-state index in [0.717, 1.165) is 32.6 Å². The summed E-state index contributed by atoms with van der Waals surface area (Å²) in [6.45, 7) is 6.13. The monoisotopic (exact) mass is 275 g/mol. The molecule has 2 rings (SSSR count). The Labute approximate surface area is 116 Å². The van der Waals surface area contributed by atoms with Gasteiger partial charge in [0.25, 0.3) is 0 Å². The summed E-state index contributed by atoms with van der Waals surface area (Å²) in [5, 5.41) is 6.57. The molecule has 0 spiro atoms. The van der Waals surface area contributed by atoms with Crippen LogP contribution < -0.4 is 10.6 Å². The Bertz CT molecular complexity index is 249. The predicted octanol–water partition coefficient (Wildman–Crippen LogP) is 1.15. The van der Waals surface area contributed by atoms with E-state index >= 15 is 0 Å². The summed E-state index contributed by atoms with van der Waals surface area (Å²) >= 11 is 0. The Balaban J connectivity index is 0.00000162. The fraction of sp³-hybridized carbons (Fsp3) is 0.923. The topological polar surface area (TPSA) is 44.4 Å². The average molecular weight is 276 g/mol. The highest BCUT2D eigenvalue weighted by Gasteiger charge is 2.25. The Kier molecular flexibility index (Phi) is 6.97. The van der Waals surface area contributed by atoms with E-state index in [2.05, 4.69) is 15.5 Å². The lowest BCUT2D eigenvalue weighted by Crippen LogP contribution is -2.48. The third kappa shape index (κ3) is 4.41. The minimum absolute atomic E-state index is 0. The zero-order chi connectivity index (χ0) is 12.1. The molecule has 1 saturated carbocycles. The number of carbonyl (C=O) groups excluding carboxylic acids is 1. The summed E-state index contributed by atoms with van der Waals surface area (Å²) in [6.07, 6.45) is 6.01. The fourth-order valence-electron chi connectivity index (χ4n) is 2.81. The predicted molar refractivity (Wildman–Crippen MR) is 76.2 cm³/mol. The normalized spacial score (nSPS) is 24.1. The first-order chi connectivity index (χ1) is 8.27. The van der Waals surface area contributed by atoms with E-state index in [4.69, 9.17) is 0 Å². The van der Waals surface area contributed by atoms with Gasteiger partial charge in [-0.2, -0.15) is 0 Å². The van der Waals surface area contributed by atoms with Crippen LogP contribution >= 0.6 is 12.4 Å². The van der Waals surface area contributed by atoms with Crippen LogP contribution in [-0.4, -0.2) is 49.1 Å². The number of halogens is 1. The van der Waals surface area contributed by atoms with Gasteiger partial charge in [0.2, 0.25) is 5.91 Å². The van der Waals surface area contributed by atoms with Crippen molar-refractivity contribution in [1.82, 2.24) is 15.5 Å². The molecule has 2 fully saturated rings. The van der Waals surface area contributed by atoms with Crippen molar-refractivity contribution in [3.8, 4) is 0 Å². The second-order valence-electron chi connectivity index (χ2n) is 5.31. The lowest BCUT2D eigenvalue weighted by molar-refractivity contribution is -0.126. The molecule has 1 aliphatic carbocycles. The molecule has 1 atom stereocenters. The van der Waals surface area contributed by atoms with Crippen LogP contribution in [0.3, 0.4) is 0 Å². The van der Waals surface area contributed by atoms with E-state index in [0.29, 0.717) is 6.04 Å². The molecule has 1 heterocycles. The summed E-state index contributed by atoms with van der Waals surface area (Å²) in [7, 11) is 0. The Morgan fingerprint density at radius 3 is 2.67 bits per heavy atom. The molecule has 1 amide bonds. The summed E-state index contributed by atoms with van der Waals surface area (Å²) in [5.41, 5.74) is 0. The van der Waals surface area contributed by atoms with Gasteiger partial charge in [-0.25, -0.2) is 0 Å². The summed E-state index contributed by atoms with van der Waals surface area (Å²) in [6, 6.07) is 0.463. The first-order valence-electron chi connectivity index (χ1n) is 7.02. The second-order valence-corrected chi connectivity index (χ2v) is 5.31. The first kappa shape index (κ1) is 15.7. The Hall–Kier alpha value is -0.320. The average Bonchev–Trinajstić information content (AvgIpc) is 2.68. The number of hydrogen-bond donors (Lipinski definition) is 2. The summed E-state index contributed by atoms with van der Waals surface area (Å²) in [5.74, 6) is 0.221. The largest absolute Gasteiger partial charge is 0.352 e. The van der Waals surface area contributed by atoms with Crippen molar-refractivity contribution in [2.24, 2.45) is 0 Å². The molecule has 0 radical (unpaired) electrons. The SMILES string of the molecule is CC(C(=O)NC1CCCC1)N1CCCNCC1.Cl. The lowest BCUT2D eigenvalue weighted by atomic mass is 10.2. The van der Waals surface area contributed by atoms with Gasteiger partial charge in [0.15, 0.2) is 0 Å². The van der Waals surface area contributed by atoms with Crippen molar-refractivity contribution in [2.75, 3.05) is 26.2 Å². The van der Waals surface area contributed by atoms with Crippen LogP contribution in [0.25, 0.3) is 0 Å². The van der Waals surface area contributed by atoms with Crippen LogP contribution in [0.5, 0.6) is 0 Å². The Morgan fingerprint density at radius 1 is 1.22 bits per heavy atom. The number of nitrogens with zero attached hydrogens (tertiary/aromatic N) is 1. The summed E-state index contributed by atoms with van der Waals surface area (Å²) < 4.78 is 0. The highest BCUT2D eigenvalue weighted by atomic mass is 35.5. The lowest BCUT2D eigenvalue weighted by Gasteiger charge is -2.27.